The van der Waals surface area contributed by atoms with Crippen LogP contribution in [0.4, 0.5) is 10.5 Å². The van der Waals surface area contributed by atoms with Gasteiger partial charge in [-0.15, -0.1) is 0 Å². The Balaban J connectivity index is 1.54. The molecule has 0 saturated carbocycles. The second-order valence-electron chi connectivity index (χ2n) is 8.34. The molecule has 5 nitrogen and oxygen atoms in total. The smallest absolute Gasteiger partial charge is 0.321 e. The summed E-state index contributed by atoms with van der Waals surface area (Å²) in [6, 6.07) is 16.2. The van der Waals surface area contributed by atoms with Crippen molar-refractivity contribution < 1.29 is 9.53 Å². The van der Waals surface area contributed by atoms with Gasteiger partial charge >= 0.3 is 6.03 Å². The fraction of sp³-hybridized carbons (Fsp3) is 0.435. The van der Waals surface area contributed by atoms with Crippen LogP contribution >= 0.6 is 0 Å². The van der Waals surface area contributed by atoms with E-state index in [0.717, 1.165) is 49.7 Å². The van der Waals surface area contributed by atoms with Gasteiger partial charge < -0.3 is 15.0 Å². The van der Waals surface area contributed by atoms with Crippen LogP contribution in [-0.2, 0) is 12.0 Å². The lowest BCUT2D eigenvalue weighted by Crippen LogP contribution is -2.49. The molecule has 0 aliphatic carbocycles. The molecule has 1 fully saturated rings. The van der Waals surface area contributed by atoms with E-state index in [4.69, 9.17) is 4.74 Å². The van der Waals surface area contributed by atoms with Gasteiger partial charge in [-0.05, 0) is 34.7 Å². The van der Waals surface area contributed by atoms with Crippen LogP contribution in [0.5, 0.6) is 5.75 Å². The lowest BCUT2D eigenvalue weighted by Gasteiger charge is -2.35. The summed E-state index contributed by atoms with van der Waals surface area (Å²) < 4.78 is 5.21. The van der Waals surface area contributed by atoms with E-state index < -0.39 is 0 Å². The molecule has 0 aromatic heterocycles. The monoisotopic (exact) mass is 381 g/mol. The first-order valence-electron chi connectivity index (χ1n) is 9.87. The van der Waals surface area contributed by atoms with E-state index in [1.165, 1.54) is 5.56 Å². The highest BCUT2D eigenvalue weighted by atomic mass is 16.5. The van der Waals surface area contributed by atoms with Crippen LogP contribution in [0.2, 0.25) is 0 Å². The molecule has 1 saturated heterocycles. The number of carbonyl (C=O) groups is 1. The van der Waals surface area contributed by atoms with Crippen molar-refractivity contribution in [2.75, 3.05) is 38.6 Å². The second-order valence-corrected chi connectivity index (χ2v) is 8.34. The van der Waals surface area contributed by atoms with Crippen molar-refractivity contribution in [1.29, 1.82) is 0 Å². The maximum absolute atomic E-state index is 12.8. The molecule has 0 bridgehead atoms. The summed E-state index contributed by atoms with van der Waals surface area (Å²) in [6.45, 7) is 10.6. The van der Waals surface area contributed by atoms with Crippen molar-refractivity contribution in [1.82, 2.24) is 9.80 Å². The molecule has 1 aliphatic rings. The number of benzene rings is 2. The number of nitrogens with zero attached hydrogens (tertiary/aromatic N) is 2. The maximum Gasteiger partial charge on any atom is 0.321 e. The Morgan fingerprint density at radius 2 is 1.64 bits per heavy atom. The van der Waals surface area contributed by atoms with Crippen LogP contribution in [-0.4, -0.2) is 49.1 Å². The lowest BCUT2D eigenvalue weighted by molar-refractivity contribution is 0.143. The minimum atomic E-state index is -0.0132. The number of methoxy groups -OCH3 is 1. The number of nitrogens with one attached hydrogen (secondary N) is 1. The largest absolute Gasteiger partial charge is 0.497 e. The zero-order chi connectivity index (χ0) is 20.1. The topological polar surface area (TPSA) is 44.8 Å². The molecule has 5 heteroatoms. The van der Waals surface area contributed by atoms with E-state index in [1.807, 2.05) is 35.2 Å². The van der Waals surface area contributed by atoms with E-state index in [1.54, 1.807) is 7.11 Å². The van der Waals surface area contributed by atoms with Gasteiger partial charge in [-0.2, -0.15) is 0 Å². The van der Waals surface area contributed by atoms with Crippen molar-refractivity contribution in [3.63, 3.8) is 0 Å². The number of hydrogen-bond donors (Lipinski definition) is 1. The minimum Gasteiger partial charge on any atom is -0.497 e. The Hall–Kier alpha value is -2.53. The highest BCUT2D eigenvalue weighted by Crippen LogP contribution is 2.29. The number of ether oxygens (including phenoxy) is 1. The van der Waals surface area contributed by atoms with E-state index in [0.29, 0.717) is 0 Å². The van der Waals surface area contributed by atoms with Crippen molar-refractivity contribution in [2.24, 2.45) is 0 Å². The van der Waals surface area contributed by atoms with Gasteiger partial charge in [-0.3, -0.25) is 4.90 Å². The van der Waals surface area contributed by atoms with Crippen molar-refractivity contribution >= 4 is 11.7 Å². The Morgan fingerprint density at radius 1 is 1.00 bits per heavy atom. The molecule has 0 unspecified atom stereocenters. The van der Waals surface area contributed by atoms with Crippen LogP contribution < -0.4 is 10.1 Å². The number of hydrogen-bond acceptors (Lipinski definition) is 3. The highest BCUT2D eigenvalue weighted by Gasteiger charge is 2.23. The Morgan fingerprint density at radius 3 is 2.25 bits per heavy atom. The van der Waals surface area contributed by atoms with Crippen LogP contribution in [0.3, 0.4) is 0 Å². The molecular formula is C23H31N3O2. The third-order valence-corrected chi connectivity index (χ3v) is 5.20. The number of para-hydroxylation sites is 1. The fourth-order valence-corrected chi connectivity index (χ4v) is 3.54. The predicted molar refractivity (Wildman–Crippen MR) is 114 cm³/mol. The summed E-state index contributed by atoms with van der Waals surface area (Å²) in [7, 11) is 1.68. The molecule has 2 aromatic carbocycles. The van der Waals surface area contributed by atoms with Crippen LogP contribution in [0.25, 0.3) is 0 Å². The number of piperazine rings is 1. The average Bonchev–Trinajstić information content (AvgIpc) is 2.69. The van der Waals surface area contributed by atoms with Gasteiger partial charge in [0.2, 0.25) is 0 Å². The molecule has 1 heterocycles. The predicted octanol–water partition coefficient (Wildman–Crippen LogP) is 4.34. The van der Waals surface area contributed by atoms with Gasteiger partial charge in [0.25, 0.3) is 0 Å². The molecule has 0 atom stereocenters. The van der Waals surface area contributed by atoms with Crippen LogP contribution in [0, 0.1) is 0 Å². The van der Waals surface area contributed by atoms with E-state index in [2.05, 4.69) is 49.2 Å². The standard InChI is InChI=1S/C23H31N3O2/c1-23(2,3)20-7-5-6-8-21(20)24-22(27)26-15-13-25(14-16-26)17-18-9-11-19(28-4)12-10-18/h5-12H,13-17H2,1-4H3,(H,24,27). The number of carbonyl (C=O) groups excluding carboxylic acids is 1. The third-order valence-electron chi connectivity index (χ3n) is 5.20. The number of amides is 2. The number of urea groups is 1. The number of anilines is 1. The van der Waals surface area contributed by atoms with Gasteiger partial charge in [0.15, 0.2) is 0 Å². The van der Waals surface area contributed by atoms with Crippen LogP contribution in [0.15, 0.2) is 48.5 Å². The minimum absolute atomic E-state index is 0.0130. The van der Waals surface area contributed by atoms with Crippen molar-refractivity contribution in [2.45, 2.75) is 32.7 Å². The zero-order valence-electron chi connectivity index (χ0n) is 17.4. The molecule has 1 aliphatic heterocycles. The lowest BCUT2D eigenvalue weighted by atomic mass is 9.86. The van der Waals surface area contributed by atoms with E-state index >= 15 is 0 Å². The maximum atomic E-state index is 12.8. The second kappa shape index (κ2) is 8.65. The summed E-state index contributed by atoms with van der Waals surface area (Å²) in [6.07, 6.45) is 0. The first-order valence-corrected chi connectivity index (χ1v) is 9.87. The average molecular weight is 382 g/mol. The summed E-state index contributed by atoms with van der Waals surface area (Å²) in [5, 5.41) is 3.12. The van der Waals surface area contributed by atoms with Crippen molar-refractivity contribution in [3.05, 3.63) is 59.7 Å². The molecule has 28 heavy (non-hydrogen) atoms. The molecule has 0 radical (unpaired) electrons. The highest BCUT2D eigenvalue weighted by molar-refractivity contribution is 5.90. The molecule has 2 amide bonds. The zero-order valence-corrected chi connectivity index (χ0v) is 17.4. The van der Waals surface area contributed by atoms with Gasteiger partial charge in [-0.25, -0.2) is 4.79 Å². The number of rotatable bonds is 4. The third kappa shape index (κ3) is 5.04. The molecule has 150 valence electrons. The fourth-order valence-electron chi connectivity index (χ4n) is 3.54. The first-order chi connectivity index (χ1) is 13.4. The van der Waals surface area contributed by atoms with Gasteiger partial charge in [-0.1, -0.05) is 51.1 Å². The summed E-state index contributed by atoms with van der Waals surface area (Å²) in [5.41, 5.74) is 3.31. The van der Waals surface area contributed by atoms with E-state index in [-0.39, 0.29) is 11.4 Å². The first kappa shape index (κ1) is 20.2. The summed E-state index contributed by atoms with van der Waals surface area (Å²) >= 11 is 0. The SMILES string of the molecule is COc1ccc(CN2CCN(C(=O)Nc3ccccc3C(C)(C)C)CC2)cc1. The molecule has 0 spiro atoms. The molecule has 2 aromatic rings. The Labute approximate surface area is 168 Å². The Kier molecular flexibility index (Phi) is 6.25. The Bertz CT molecular complexity index is 788. The summed E-state index contributed by atoms with van der Waals surface area (Å²) in [4.78, 5) is 17.1. The van der Waals surface area contributed by atoms with Gasteiger partial charge in [0.1, 0.15) is 5.75 Å². The molecule has 1 N–H and O–H groups in total. The molecule has 3 rings (SSSR count). The molecular weight excluding hydrogens is 350 g/mol. The van der Waals surface area contributed by atoms with Gasteiger partial charge in [0, 0.05) is 38.4 Å². The summed E-state index contributed by atoms with van der Waals surface area (Å²) in [5.74, 6) is 0.876. The quantitative estimate of drug-likeness (QED) is 0.857. The van der Waals surface area contributed by atoms with Crippen LogP contribution in [0.1, 0.15) is 31.9 Å². The van der Waals surface area contributed by atoms with E-state index in [9.17, 15) is 4.79 Å². The van der Waals surface area contributed by atoms with Gasteiger partial charge in [0.05, 0.1) is 7.11 Å². The van der Waals surface area contributed by atoms with Crippen molar-refractivity contribution in [3.8, 4) is 5.75 Å². The normalized spacial score (nSPS) is 15.4.